The van der Waals surface area contributed by atoms with Crippen LogP contribution in [0, 0.1) is 0 Å². The Balaban J connectivity index is 1.98. The highest BCUT2D eigenvalue weighted by Crippen LogP contribution is 2.23. The highest BCUT2D eigenvalue weighted by Gasteiger charge is 2.14. The Bertz CT molecular complexity index is 729. The molecule has 1 atom stereocenters. The van der Waals surface area contributed by atoms with E-state index >= 15 is 0 Å². The van der Waals surface area contributed by atoms with Gasteiger partial charge < -0.3 is 10.1 Å². The maximum absolute atomic E-state index is 12.2. The molecular formula is C18H20BrN3O2. The number of ether oxygens (including phenoxy) is 1. The third-order valence-electron chi connectivity index (χ3n) is 3.47. The lowest BCUT2D eigenvalue weighted by molar-refractivity contribution is -0.121. The minimum atomic E-state index is -0.456. The number of halogens is 1. The van der Waals surface area contributed by atoms with Crippen molar-refractivity contribution >= 4 is 33.2 Å². The van der Waals surface area contributed by atoms with Gasteiger partial charge in [-0.15, -0.1) is 0 Å². The van der Waals surface area contributed by atoms with Gasteiger partial charge in [-0.1, -0.05) is 40.2 Å². The molecule has 1 unspecified atom stereocenters. The van der Waals surface area contributed by atoms with E-state index in [0.29, 0.717) is 5.75 Å². The van der Waals surface area contributed by atoms with Crippen LogP contribution >= 0.6 is 15.9 Å². The molecular weight excluding hydrogens is 370 g/mol. The topological polar surface area (TPSA) is 62.7 Å². The molecule has 2 aromatic carbocycles. The highest BCUT2D eigenvalue weighted by atomic mass is 79.9. The van der Waals surface area contributed by atoms with Crippen molar-refractivity contribution in [3.8, 4) is 5.75 Å². The molecule has 2 rings (SSSR count). The predicted molar refractivity (Wildman–Crippen MR) is 101 cm³/mol. The van der Waals surface area contributed by atoms with Gasteiger partial charge in [-0.05, 0) is 43.7 Å². The van der Waals surface area contributed by atoms with E-state index in [1.807, 2.05) is 55.5 Å². The van der Waals surface area contributed by atoms with Crippen LogP contribution in [0.5, 0.6) is 5.75 Å². The number of amides is 1. The molecule has 2 N–H and O–H groups in total. The largest absolute Gasteiger partial charge is 0.495 e. The van der Waals surface area contributed by atoms with Crippen LogP contribution in [0.15, 0.2) is 58.1 Å². The number of anilines is 1. The molecule has 0 aliphatic carbocycles. The summed E-state index contributed by atoms with van der Waals surface area (Å²) in [6.07, 6.45) is 0. The van der Waals surface area contributed by atoms with Gasteiger partial charge in [-0.25, -0.2) is 5.43 Å². The lowest BCUT2D eigenvalue weighted by atomic mass is 10.1. The fourth-order valence-corrected chi connectivity index (χ4v) is 2.32. The van der Waals surface area contributed by atoms with Crippen molar-refractivity contribution in [3.05, 3.63) is 58.6 Å². The van der Waals surface area contributed by atoms with Crippen LogP contribution in [-0.4, -0.2) is 24.8 Å². The number of rotatable bonds is 6. The van der Waals surface area contributed by atoms with Gasteiger partial charge in [0.25, 0.3) is 5.91 Å². The van der Waals surface area contributed by atoms with Crippen LogP contribution < -0.4 is 15.5 Å². The van der Waals surface area contributed by atoms with E-state index < -0.39 is 6.04 Å². The molecule has 6 heteroatoms. The maximum atomic E-state index is 12.2. The molecule has 5 nitrogen and oxygen atoms in total. The van der Waals surface area contributed by atoms with Crippen LogP contribution in [0.2, 0.25) is 0 Å². The summed E-state index contributed by atoms with van der Waals surface area (Å²) in [5.41, 5.74) is 5.03. The second-order valence-electron chi connectivity index (χ2n) is 5.25. The molecule has 2 aromatic rings. The van der Waals surface area contributed by atoms with Gasteiger partial charge in [0.05, 0.1) is 18.5 Å². The summed E-state index contributed by atoms with van der Waals surface area (Å²) in [6, 6.07) is 14.7. The van der Waals surface area contributed by atoms with Gasteiger partial charge in [0.1, 0.15) is 11.8 Å². The summed E-state index contributed by atoms with van der Waals surface area (Å²) in [5.74, 6) is 0.462. The van der Waals surface area contributed by atoms with E-state index in [2.05, 4.69) is 31.8 Å². The fraction of sp³-hybridized carbons (Fsp3) is 0.222. The number of hydrogen-bond donors (Lipinski definition) is 2. The molecule has 0 saturated heterocycles. The van der Waals surface area contributed by atoms with E-state index in [0.717, 1.165) is 21.4 Å². The van der Waals surface area contributed by atoms with Crippen molar-refractivity contribution in [1.29, 1.82) is 0 Å². The van der Waals surface area contributed by atoms with Crippen molar-refractivity contribution in [3.63, 3.8) is 0 Å². The van der Waals surface area contributed by atoms with Crippen LogP contribution in [0.3, 0.4) is 0 Å². The SMILES string of the molecule is COc1ccccc1NC(C)C(=O)NN=C(C)c1ccc(Br)cc1. The second-order valence-corrected chi connectivity index (χ2v) is 6.16. The standard InChI is InChI=1S/C18H20BrN3O2/c1-12(14-8-10-15(19)11-9-14)21-22-18(23)13(2)20-16-6-4-5-7-17(16)24-3/h4-11,13,20H,1-3H3,(H,22,23). The smallest absolute Gasteiger partial charge is 0.262 e. The number of carbonyl (C=O) groups is 1. The van der Waals surface area contributed by atoms with Crippen LogP contribution in [0.4, 0.5) is 5.69 Å². The number of nitrogens with zero attached hydrogens (tertiary/aromatic N) is 1. The quantitative estimate of drug-likeness (QED) is 0.583. The van der Waals surface area contributed by atoms with Gasteiger partial charge in [-0.3, -0.25) is 4.79 Å². The number of methoxy groups -OCH3 is 1. The Labute approximate surface area is 150 Å². The Kier molecular flexibility index (Phi) is 6.37. The molecule has 0 heterocycles. The van der Waals surface area contributed by atoms with E-state index in [1.54, 1.807) is 14.0 Å². The lowest BCUT2D eigenvalue weighted by Gasteiger charge is -2.16. The molecule has 0 bridgehead atoms. The van der Waals surface area contributed by atoms with Gasteiger partial charge in [0, 0.05) is 4.47 Å². The number of carbonyl (C=O) groups excluding carboxylic acids is 1. The first-order valence-electron chi connectivity index (χ1n) is 7.51. The van der Waals surface area contributed by atoms with Gasteiger partial charge in [0.15, 0.2) is 0 Å². The van der Waals surface area contributed by atoms with Gasteiger partial charge in [-0.2, -0.15) is 5.10 Å². The van der Waals surface area contributed by atoms with Crippen LogP contribution in [-0.2, 0) is 4.79 Å². The number of nitrogens with one attached hydrogen (secondary N) is 2. The number of para-hydroxylation sites is 2. The maximum Gasteiger partial charge on any atom is 0.262 e. The first-order chi connectivity index (χ1) is 11.5. The van der Waals surface area contributed by atoms with E-state index in [4.69, 9.17) is 4.74 Å². The zero-order valence-corrected chi connectivity index (χ0v) is 15.4. The average Bonchev–Trinajstić information content (AvgIpc) is 2.60. The average molecular weight is 390 g/mol. The molecule has 0 aliphatic rings. The summed E-state index contributed by atoms with van der Waals surface area (Å²) in [5, 5.41) is 7.28. The minimum Gasteiger partial charge on any atom is -0.495 e. The van der Waals surface area contributed by atoms with Crippen molar-refractivity contribution in [2.24, 2.45) is 5.10 Å². The number of benzene rings is 2. The van der Waals surface area contributed by atoms with Gasteiger partial charge in [0.2, 0.25) is 0 Å². The van der Waals surface area contributed by atoms with Crippen LogP contribution in [0.25, 0.3) is 0 Å². The molecule has 1 amide bonds. The zero-order chi connectivity index (χ0) is 17.5. The lowest BCUT2D eigenvalue weighted by Crippen LogP contribution is -2.35. The third kappa shape index (κ3) is 4.83. The second kappa shape index (κ2) is 8.49. The van der Waals surface area contributed by atoms with Crippen molar-refractivity contribution in [2.75, 3.05) is 12.4 Å². The van der Waals surface area contributed by atoms with Crippen molar-refractivity contribution < 1.29 is 9.53 Å². The Morgan fingerprint density at radius 2 is 1.83 bits per heavy atom. The molecule has 0 radical (unpaired) electrons. The summed E-state index contributed by atoms with van der Waals surface area (Å²) in [6.45, 7) is 3.62. The molecule has 126 valence electrons. The Morgan fingerprint density at radius 1 is 1.17 bits per heavy atom. The first-order valence-corrected chi connectivity index (χ1v) is 8.30. The molecule has 24 heavy (non-hydrogen) atoms. The third-order valence-corrected chi connectivity index (χ3v) is 4.00. The van der Waals surface area contributed by atoms with Crippen molar-refractivity contribution in [1.82, 2.24) is 5.43 Å². The van der Waals surface area contributed by atoms with Crippen LogP contribution in [0.1, 0.15) is 19.4 Å². The monoisotopic (exact) mass is 389 g/mol. The summed E-state index contributed by atoms with van der Waals surface area (Å²) in [7, 11) is 1.59. The van der Waals surface area contributed by atoms with Crippen molar-refractivity contribution in [2.45, 2.75) is 19.9 Å². The molecule has 0 fully saturated rings. The number of hydrazone groups is 1. The molecule has 0 spiro atoms. The van der Waals surface area contributed by atoms with Gasteiger partial charge >= 0.3 is 0 Å². The van der Waals surface area contributed by atoms with E-state index in [-0.39, 0.29) is 5.91 Å². The highest BCUT2D eigenvalue weighted by molar-refractivity contribution is 9.10. The molecule has 0 aliphatic heterocycles. The normalized spacial score (nSPS) is 12.4. The first kappa shape index (κ1) is 18.0. The Hall–Kier alpha value is -2.34. The zero-order valence-electron chi connectivity index (χ0n) is 13.8. The Morgan fingerprint density at radius 3 is 2.50 bits per heavy atom. The van der Waals surface area contributed by atoms with E-state index in [9.17, 15) is 4.79 Å². The molecule has 0 saturated carbocycles. The summed E-state index contributed by atoms with van der Waals surface area (Å²) in [4.78, 5) is 12.2. The minimum absolute atomic E-state index is 0.225. The van der Waals surface area contributed by atoms with E-state index in [1.165, 1.54) is 0 Å². The summed E-state index contributed by atoms with van der Waals surface area (Å²) < 4.78 is 6.26. The fourth-order valence-electron chi connectivity index (χ4n) is 2.05. The molecule has 0 aromatic heterocycles. The summed E-state index contributed by atoms with van der Waals surface area (Å²) >= 11 is 3.39. The predicted octanol–water partition coefficient (Wildman–Crippen LogP) is 3.80. The number of hydrogen-bond acceptors (Lipinski definition) is 4.